The van der Waals surface area contributed by atoms with E-state index in [4.69, 9.17) is 5.10 Å². The molecule has 5 heteroatoms. The molecule has 24 heavy (non-hydrogen) atoms. The number of rotatable bonds is 2. The van der Waals surface area contributed by atoms with Gasteiger partial charge in [-0.25, -0.2) is 4.39 Å². The van der Waals surface area contributed by atoms with Crippen molar-refractivity contribution < 1.29 is 4.39 Å². The summed E-state index contributed by atoms with van der Waals surface area (Å²) in [6, 6.07) is 12.9. The zero-order valence-electron chi connectivity index (χ0n) is 13.0. The van der Waals surface area contributed by atoms with Gasteiger partial charge in [0, 0.05) is 28.8 Å². The fourth-order valence-corrected chi connectivity index (χ4v) is 3.57. The zero-order chi connectivity index (χ0) is 16.1. The van der Waals surface area contributed by atoms with Crippen LogP contribution in [-0.2, 0) is 13.0 Å². The molecule has 0 unspecified atom stereocenters. The molecule has 4 nitrogen and oxygen atoms in total. The molecule has 0 spiro atoms. The van der Waals surface area contributed by atoms with Crippen LogP contribution in [0, 0.1) is 5.82 Å². The molecule has 0 bridgehead atoms. The van der Waals surface area contributed by atoms with Gasteiger partial charge in [0.2, 0.25) is 0 Å². The molecule has 0 atom stereocenters. The van der Waals surface area contributed by atoms with Crippen LogP contribution in [0.3, 0.4) is 0 Å². The highest BCUT2D eigenvalue weighted by Gasteiger charge is 2.24. The second kappa shape index (κ2) is 5.03. The van der Waals surface area contributed by atoms with E-state index in [9.17, 15) is 4.39 Å². The number of nitrogens with zero attached hydrogens (tertiary/aromatic N) is 3. The Morgan fingerprint density at radius 3 is 2.96 bits per heavy atom. The van der Waals surface area contributed by atoms with Crippen molar-refractivity contribution >= 4 is 10.9 Å². The summed E-state index contributed by atoms with van der Waals surface area (Å²) in [4.78, 5) is 0. The highest BCUT2D eigenvalue weighted by molar-refractivity contribution is 5.89. The highest BCUT2D eigenvalue weighted by atomic mass is 19.1. The molecule has 118 valence electrons. The van der Waals surface area contributed by atoms with Crippen LogP contribution in [0.15, 0.2) is 48.7 Å². The minimum absolute atomic E-state index is 0.240. The van der Waals surface area contributed by atoms with Crippen molar-refractivity contribution in [1.29, 1.82) is 0 Å². The Morgan fingerprint density at radius 2 is 2.04 bits per heavy atom. The topological polar surface area (TPSA) is 46.5 Å². The van der Waals surface area contributed by atoms with Crippen molar-refractivity contribution in [1.82, 2.24) is 20.0 Å². The van der Waals surface area contributed by atoms with Gasteiger partial charge in [-0.2, -0.15) is 10.2 Å². The maximum absolute atomic E-state index is 13.7. The molecule has 0 aliphatic carbocycles. The number of hydrogen-bond donors (Lipinski definition) is 1. The molecule has 0 radical (unpaired) electrons. The minimum atomic E-state index is -0.240. The molecule has 5 rings (SSSR count). The van der Waals surface area contributed by atoms with Crippen molar-refractivity contribution in [2.24, 2.45) is 0 Å². The van der Waals surface area contributed by atoms with Crippen LogP contribution < -0.4 is 0 Å². The maximum Gasteiger partial charge on any atom is 0.123 e. The Kier molecular flexibility index (Phi) is 2.82. The van der Waals surface area contributed by atoms with Gasteiger partial charge in [0.15, 0.2) is 0 Å². The molecule has 1 aliphatic rings. The van der Waals surface area contributed by atoms with E-state index in [1.165, 1.54) is 11.8 Å². The monoisotopic (exact) mass is 318 g/mol. The third-order valence-electron chi connectivity index (χ3n) is 4.67. The van der Waals surface area contributed by atoms with Gasteiger partial charge >= 0.3 is 0 Å². The molecule has 0 amide bonds. The van der Waals surface area contributed by atoms with Crippen LogP contribution in [0.5, 0.6) is 0 Å². The summed E-state index contributed by atoms with van der Waals surface area (Å²) in [6.45, 7) is 0.921. The molecule has 4 aromatic rings. The SMILES string of the molecule is Fc1cccc(-c2nn3c(c2-c2ccc4cn[nH]c4c2)CCC3)c1. The molecular formula is C19H15FN4. The van der Waals surface area contributed by atoms with E-state index in [-0.39, 0.29) is 5.82 Å². The normalized spacial score (nSPS) is 13.5. The summed E-state index contributed by atoms with van der Waals surface area (Å²) < 4.78 is 15.8. The third kappa shape index (κ3) is 1.98. The summed E-state index contributed by atoms with van der Waals surface area (Å²) in [7, 11) is 0. The molecular weight excluding hydrogens is 303 g/mol. The number of aromatic nitrogens is 4. The summed E-state index contributed by atoms with van der Waals surface area (Å²) in [5, 5.41) is 13.0. The van der Waals surface area contributed by atoms with Gasteiger partial charge in [-0.15, -0.1) is 0 Å². The Balaban J connectivity index is 1.77. The van der Waals surface area contributed by atoms with Gasteiger partial charge in [0.25, 0.3) is 0 Å². The van der Waals surface area contributed by atoms with Crippen LogP contribution in [0.2, 0.25) is 0 Å². The number of nitrogens with one attached hydrogen (secondary N) is 1. The molecule has 3 heterocycles. The summed E-state index contributed by atoms with van der Waals surface area (Å²) in [6.07, 6.45) is 3.92. The lowest BCUT2D eigenvalue weighted by Gasteiger charge is -2.06. The number of H-pyrrole nitrogens is 1. The maximum atomic E-state index is 13.7. The predicted molar refractivity (Wildman–Crippen MR) is 91.0 cm³/mol. The van der Waals surface area contributed by atoms with E-state index >= 15 is 0 Å². The third-order valence-corrected chi connectivity index (χ3v) is 4.67. The molecule has 0 saturated carbocycles. The molecule has 2 aromatic heterocycles. The van der Waals surface area contributed by atoms with Gasteiger partial charge < -0.3 is 0 Å². The quantitative estimate of drug-likeness (QED) is 0.603. The van der Waals surface area contributed by atoms with Crippen LogP contribution in [0.1, 0.15) is 12.1 Å². The number of halogens is 1. The lowest BCUT2D eigenvalue weighted by Crippen LogP contribution is -1.94. The van der Waals surface area contributed by atoms with Crippen LogP contribution in [0.25, 0.3) is 33.3 Å². The van der Waals surface area contributed by atoms with E-state index in [1.807, 2.05) is 12.3 Å². The van der Waals surface area contributed by atoms with Crippen LogP contribution in [-0.4, -0.2) is 20.0 Å². The zero-order valence-corrected chi connectivity index (χ0v) is 13.0. The van der Waals surface area contributed by atoms with Gasteiger partial charge in [-0.05, 0) is 36.6 Å². The second-order valence-corrected chi connectivity index (χ2v) is 6.18. The summed E-state index contributed by atoms with van der Waals surface area (Å²) >= 11 is 0. The van der Waals surface area contributed by atoms with Crippen LogP contribution >= 0.6 is 0 Å². The number of aromatic amines is 1. The predicted octanol–water partition coefficient (Wildman–Crippen LogP) is 4.18. The Morgan fingerprint density at radius 1 is 1.08 bits per heavy atom. The van der Waals surface area contributed by atoms with Gasteiger partial charge in [-0.1, -0.05) is 24.3 Å². The van der Waals surface area contributed by atoms with Gasteiger partial charge in [0.05, 0.1) is 11.7 Å². The Bertz CT molecular complexity index is 1060. The fourth-order valence-electron chi connectivity index (χ4n) is 3.57. The first-order valence-corrected chi connectivity index (χ1v) is 8.09. The molecule has 0 fully saturated rings. The van der Waals surface area contributed by atoms with Crippen molar-refractivity contribution in [3.8, 4) is 22.4 Å². The van der Waals surface area contributed by atoms with Crippen molar-refractivity contribution in [2.45, 2.75) is 19.4 Å². The molecule has 1 aliphatic heterocycles. The van der Waals surface area contributed by atoms with E-state index < -0.39 is 0 Å². The van der Waals surface area contributed by atoms with E-state index in [0.717, 1.165) is 52.7 Å². The summed E-state index contributed by atoms with van der Waals surface area (Å²) in [5.74, 6) is -0.240. The summed E-state index contributed by atoms with van der Waals surface area (Å²) in [5.41, 5.74) is 6.09. The van der Waals surface area contributed by atoms with Gasteiger partial charge in [-0.3, -0.25) is 9.78 Å². The average Bonchev–Trinajstić information content (AvgIpc) is 3.29. The van der Waals surface area contributed by atoms with Gasteiger partial charge in [0.1, 0.15) is 11.5 Å². The van der Waals surface area contributed by atoms with Crippen molar-refractivity contribution in [3.63, 3.8) is 0 Å². The van der Waals surface area contributed by atoms with E-state index in [0.29, 0.717) is 0 Å². The first-order valence-electron chi connectivity index (χ1n) is 8.09. The number of hydrogen-bond acceptors (Lipinski definition) is 2. The van der Waals surface area contributed by atoms with Crippen LogP contribution in [0.4, 0.5) is 4.39 Å². The second-order valence-electron chi connectivity index (χ2n) is 6.18. The lowest BCUT2D eigenvalue weighted by atomic mass is 9.97. The standard InChI is InChI=1S/C19H15FN4/c20-15-4-1-3-13(9-15)19-18(17-5-2-8-24(17)23-19)12-6-7-14-11-21-22-16(14)10-12/h1,3-4,6-7,9-11H,2,5,8H2,(H,21,22). The van der Waals surface area contributed by atoms with Crippen molar-refractivity contribution in [2.75, 3.05) is 0 Å². The lowest BCUT2D eigenvalue weighted by molar-refractivity contribution is 0.627. The number of fused-ring (bicyclic) bond motifs is 2. The fraction of sp³-hybridized carbons (Fsp3) is 0.158. The Labute approximate surface area is 137 Å². The molecule has 2 aromatic carbocycles. The molecule has 0 saturated heterocycles. The highest BCUT2D eigenvalue weighted by Crippen LogP contribution is 2.38. The first kappa shape index (κ1) is 13.5. The number of benzene rings is 2. The van der Waals surface area contributed by atoms with E-state index in [2.05, 4.69) is 33.1 Å². The average molecular weight is 318 g/mol. The van der Waals surface area contributed by atoms with E-state index in [1.54, 1.807) is 12.1 Å². The number of aryl methyl sites for hydroxylation is 1. The minimum Gasteiger partial charge on any atom is -0.278 e. The van der Waals surface area contributed by atoms with Crippen molar-refractivity contribution in [3.05, 3.63) is 60.2 Å². The molecule has 1 N–H and O–H groups in total. The largest absolute Gasteiger partial charge is 0.278 e. The first-order chi connectivity index (χ1) is 11.8. The Hall–Kier alpha value is -2.95. The smallest absolute Gasteiger partial charge is 0.123 e.